The Balaban J connectivity index is 1.84. The van der Waals surface area contributed by atoms with E-state index in [1.807, 2.05) is 46.4 Å². The number of carbonyl (C=O) groups excluding carboxylic acids is 2. The van der Waals surface area contributed by atoms with Crippen LogP contribution in [0.2, 0.25) is 0 Å². The Morgan fingerprint density at radius 3 is 2.12 bits per heavy atom. The Morgan fingerprint density at radius 1 is 0.969 bits per heavy atom. The molecule has 32 heavy (non-hydrogen) atoms. The van der Waals surface area contributed by atoms with Crippen molar-refractivity contribution in [2.24, 2.45) is 5.41 Å². The van der Waals surface area contributed by atoms with Crippen molar-refractivity contribution in [2.45, 2.75) is 123 Å². The maximum atomic E-state index is 12.4. The first kappa shape index (κ1) is 26.7. The van der Waals surface area contributed by atoms with Crippen molar-refractivity contribution >= 4 is 12.2 Å². The molecule has 2 unspecified atom stereocenters. The van der Waals surface area contributed by atoms with Crippen molar-refractivity contribution in [3.63, 3.8) is 0 Å². The zero-order chi connectivity index (χ0) is 24.0. The molecule has 1 aliphatic heterocycles. The fraction of sp³-hybridized carbons (Fsp3) is 0.920. The number of piperidine rings is 1. The molecule has 186 valence electrons. The van der Waals surface area contributed by atoms with Gasteiger partial charge >= 0.3 is 12.2 Å². The predicted octanol–water partition coefficient (Wildman–Crippen LogP) is 5.23. The molecular weight excluding hydrogens is 406 g/mol. The first-order valence-electron chi connectivity index (χ1n) is 12.5. The number of likely N-dealkylation sites (tertiary alicyclic amines) is 1. The fourth-order valence-electron chi connectivity index (χ4n) is 4.88. The molecule has 0 radical (unpaired) electrons. The second-order valence-corrected chi connectivity index (χ2v) is 11.8. The van der Waals surface area contributed by atoms with Crippen molar-refractivity contribution in [1.82, 2.24) is 15.5 Å². The van der Waals surface area contributed by atoms with Gasteiger partial charge in [0.05, 0.1) is 0 Å². The maximum absolute atomic E-state index is 12.4. The number of alkyl carbamates (subject to hydrolysis) is 1. The third-order valence-electron chi connectivity index (χ3n) is 6.42. The van der Waals surface area contributed by atoms with E-state index in [0.29, 0.717) is 6.04 Å². The Labute approximate surface area is 195 Å². The van der Waals surface area contributed by atoms with E-state index in [1.54, 1.807) is 0 Å². The normalized spacial score (nSPS) is 24.0. The summed E-state index contributed by atoms with van der Waals surface area (Å²) in [7, 11) is 0. The standard InChI is InChI=1S/C25H47N3O4/c1-8-12-25(13-15-28(16-14-25)22(30)32-24(5,6)7)18-26-19-10-9-11-20(17-19)27-21(29)31-23(2,3)4/h19-20,26H,8-18H2,1-7H3,(H,27,29). The number of amides is 2. The van der Waals surface area contributed by atoms with Crippen molar-refractivity contribution in [3.05, 3.63) is 0 Å². The van der Waals surface area contributed by atoms with Crippen LogP contribution in [0, 0.1) is 5.41 Å². The highest BCUT2D eigenvalue weighted by Crippen LogP contribution is 2.36. The number of hydrogen-bond donors (Lipinski definition) is 2. The Bertz CT molecular complexity index is 616. The molecule has 2 aliphatic rings. The van der Waals surface area contributed by atoms with Gasteiger partial charge in [0.25, 0.3) is 0 Å². The number of carbonyl (C=O) groups is 2. The van der Waals surface area contributed by atoms with Crippen LogP contribution in [0.1, 0.15) is 99.8 Å². The number of nitrogens with one attached hydrogen (secondary N) is 2. The topological polar surface area (TPSA) is 79.9 Å². The van der Waals surface area contributed by atoms with E-state index in [2.05, 4.69) is 17.6 Å². The minimum atomic E-state index is -0.475. The molecule has 0 aromatic rings. The van der Waals surface area contributed by atoms with Gasteiger partial charge in [0.2, 0.25) is 0 Å². The molecule has 2 amide bonds. The van der Waals surface area contributed by atoms with Gasteiger partial charge < -0.3 is 25.0 Å². The average molecular weight is 454 g/mol. The van der Waals surface area contributed by atoms with Crippen molar-refractivity contribution in [3.8, 4) is 0 Å². The molecule has 2 atom stereocenters. The van der Waals surface area contributed by atoms with E-state index >= 15 is 0 Å². The summed E-state index contributed by atoms with van der Waals surface area (Å²) in [5.41, 5.74) is -0.711. The summed E-state index contributed by atoms with van der Waals surface area (Å²) >= 11 is 0. The summed E-state index contributed by atoms with van der Waals surface area (Å²) in [6, 6.07) is 0.563. The Hall–Kier alpha value is -1.50. The highest BCUT2D eigenvalue weighted by Gasteiger charge is 2.37. The lowest BCUT2D eigenvalue weighted by molar-refractivity contribution is 0.00809. The van der Waals surface area contributed by atoms with Gasteiger partial charge in [-0.3, -0.25) is 0 Å². The number of rotatable bonds is 6. The summed E-state index contributed by atoms with van der Waals surface area (Å²) in [6.45, 7) is 16.1. The zero-order valence-corrected chi connectivity index (χ0v) is 21.5. The summed E-state index contributed by atoms with van der Waals surface area (Å²) in [5, 5.41) is 6.88. The van der Waals surface area contributed by atoms with Gasteiger partial charge in [-0.05, 0) is 91.9 Å². The van der Waals surface area contributed by atoms with E-state index < -0.39 is 11.2 Å². The molecule has 0 bridgehead atoms. The number of ether oxygens (including phenoxy) is 2. The van der Waals surface area contributed by atoms with Gasteiger partial charge in [-0.2, -0.15) is 0 Å². The summed E-state index contributed by atoms with van der Waals surface area (Å²) < 4.78 is 11.0. The molecule has 0 aromatic carbocycles. The number of hydrogen-bond acceptors (Lipinski definition) is 5. The third-order valence-corrected chi connectivity index (χ3v) is 6.42. The summed E-state index contributed by atoms with van der Waals surface area (Å²) in [4.78, 5) is 26.5. The SMILES string of the molecule is CCCC1(CNC2CCCC(NC(=O)OC(C)(C)C)C2)CCN(C(=O)OC(C)(C)C)CC1. The molecule has 1 saturated heterocycles. The van der Waals surface area contributed by atoms with Crippen molar-refractivity contribution < 1.29 is 19.1 Å². The first-order chi connectivity index (χ1) is 14.8. The molecule has 7 heteroatoms. The molecule has 1 saturated carbocycles. The van der Waals surface area contributed by atoms with Crippen LogP contribution < -0.4 is 10.6 Å². The summed E-state index contributed by atoms with van der Waals surface area (Å²) in [6.07, 6.45) is 7.96. The highest BCUT2D eigenvalue weighted by molar-refractivity contribution is 5.68. The molecular formula is C25H47N3O4. The molecule has 2 N–H and O–H groups in total. The monoisotopic (exact) mass is 453 g/mol. The van der Waals surface area contributed by atoms with E-state index in [4.69, 9.17) is 9.47 Å². The van der Waals surface area contributed by atoms with E-state index in [1.165, 1.54) is 0 Å². The molecule has 0 spiro atoms. The van der Waals surface area contributed by atoms with Gasteiger partial charge in [-0.25, -0.2) is 9.59 Å². The van der Waals surface area contributed by atoms with Gasteiger partial charge in [-0.15, -0.1) is 0 Å². The zero-order valence-electron chi connectivity index (χ0n) is 21.5. The smallest absolute Gasteiger partial charge is 0.410 e. The van der Waals surface area contributed by atoms with E-state index in [0.717, 1.165) is 71.0 Å². The molecule has 1 heterocycles. The quantitative estimate of drug-likeness (QED) is 0.576. The van der Waals surface area contributed by atoms with E-state index in [9.17, 15) is 9.59 Å². The predicted molar refractivity (Wildman–Crippen MR) is 128 cm³/mol. The van der Waals surface area contributed by atoms with Gasteiger partial charge in [-0.1, -0.05) is 13.3 Å². The molecule has 2 rings (SSSR count). The van der Waals surface area contributed by atoms with Crippen LogP contribution in [0.3, 0.4) is 0 Å². The second kappa shape index (κ2) is 11.1. The minimum Gasteiger partial charge on any atom is -0.444 e. The van der Waals surface area contributed by atoms with Gasteiger partial charge in [0.1, 0.15) is 11.2 Å². The van der Waals surface area contributed by atoms with Crippen LogP contribution in [0.5, 0.6) is 0 Å². The lowest BCUT2D eigenvalue weighted by Crippen LogP contribution is -2.51. The molecule has 7 nitrogen and oxygen atoms in total. The lowest BCUT2D eigenvalue weighted by atomic mass is 9.74. The average Bonchev–Trinajstić information content (AvgIpc) is 2.65. The number of nitrogens with zero attached hydrogens (tertiary/aromatic N) is 1. The maximum Gasteiger partial charge on any atom is 0.410 e. The van der Waals surface area contributed by atoms with Crippen LogP contribution in [0.4, 0.5) is 9.59 Å². The van der Waals surface area contributed by atoms with Crippen molar-refractivity contribution in [2.75, 3.05) is 19.6 Å². The van der Waals surface area contributed by atoms with Crippen LogP contribution in [0.25, 0.3) is 0 Å². The fourth-order valence-corrected chi connectivity index (χ4v) is 4.88. The summed E-state index contributed by atoms with van der Waals surface area (Å²) in [5.74, 6) is 0. The second-order valence-electron chi connectivity index (χ2n) is 11.8. The lowest BCUT2D eigenvalue weighted by Gasteiger charge is -2.43. The van der Waals surface area contributed by atoms with Crippen LogP contribution >= 0.6 is 0 Å². The largest absolute Gasteiger partial charge is 0.444 e. The van der Waals surface area contributed by atoms with Crippen LogP contribution in [0.15, 0.2) is 0 Å². The highest BCUT2D eigenvalue weighted by atomic mass is 16.6. The molecule has 1 aliphatic carbocycles. The Morgan fingerprint density at radius 2 is 1.56 bits per heavy atom. The molecule has 2 fully saturated rings. The van der Waals surface area contributed by atoms with Crippen LogP contribution in [-0.2, 0) is 9.47 Å². The van der Waals surface area contributed by atoms with Gasteiger partial charge in [0.15, 0.2) is 0 Å². The van der Waals surface area contributed by atoms with Gasteiger partial charge in [0, 0.05) is 31.7 Å². The Kier molecular flexibility index (Phi) is 9.26. The first-order valence-corrected chi connectivity index (χ1v) is 12.5. The van der Waals surface area contributed by atoms with Crippen LogP contribution in [-0.4, -0.2) is 60.0 Å². The van der Waals surface area contributed by atoms with Crippen molar-refractivity contribution in [1.29, 1.82) is 0 Å². The molecule has 0 aromatic heterocycles. The third kappa shape index (κ3) is 9.16. The minimum absolute atomic E-state index is 0.159. The van der Waals surface area contributed by atoms with E-state index in [-0.39, 0.29) is 23.6 Å².